The second kappa shape index (κ2) is 12.1. The standard InChI is InChI=1S/C28H28F3N5OS/c1-36(2)23-15-9-20(10-16-23)25-24(19-7-4-3-5-8-19)34-27(35-25)38-18-6-17-32-26(37)33-22-13-11-21(12-14-22)28(29,30)31/h3-5,7-16H,6,17-18H2,1-2H3,(H,34,35)(H2,32,33,37). The number of carbonyl (C=O) groups is 1. The fourth-order valence-electron chi connectivity index (χ4n) is 3.72. The van der Waals surface area contributed by atoms with Crippen LogP contribution in [-0.4, -0.2) is 42.4 Å². The van der Waals surface area contributed by atoms with E-state index in [1.54, 1.807) is 11.8 Å². The molecule has 0 aliphatic carbocycles. The number of aromatic nitrogens is 2. The molecule has 10 heteroatoms. The molecule has 6 nitrogen and oxygen atoms in total. The van der Waals surface area contributed by atoms with E-state index in [0.29, 0.717) is 24.4 Å². The van der Waals surface area contributed by atoms with E-state index in [1.165, 1.54) is 12.1 Å². The number of rotatable bonds is 9. The van der Waals surface area contributed by atoms with Gasteiger partial charge in [-0.3, -0.25) is 0 Å². The number of hydrogen-bond acceptors (Lipinski definition) is 4. The van der Waals surface area contributed by atoms with E-state index < -0.39 is 17.8 Å². The zero-order valence-electron chi connectivity index (χ0n) is 21.0. The molecule has 38 heavy (non-hydrogen) atoms. The van der Waals surface area contributed by atoms with Crippen molar-refractivity contribution in [1.29, 1.82) is 0 Å². The zero-order valence-corrected chi connectivity index (χ0v) is 21.8. The predicted octanol–water partition coefficient (Wildman–Crippen LogP) is 7.13. The van der Waals surface area contributed by atoms with Gasteiger partial charge in [-0.2, -0.15) is 13.2 Å². The molecule has 198 valence electrons. The molecule has 2 amide bonds. The first kappa shape index (κ1) is 27.1. The van der Waals surface area contributed by atoms with Crippen LogP contribution in [-0.2, 0) is 6.18 Å². The molecule has 0 saturated carbocycles. The van der Waals surface area contributed by atoms with Crippen LogP contribution in [0.15, 0.2) is 84.0 Å². The predicted molar refractivity (Wildman–Crippen MR) is 148 cm³/mol. The van der Waals surface area contributed by atoms with Gasteiger partial charge in [0.25, 0.3) is 0 Å². The third kappa shape index (κ3) is 7.10. The van der Waals surface area contributed by atoms with Gasteiger partial charge < -0.3 is 20.5 Å². The summed E-state index contributed by atoms with van der Waals surface area (Å²) < 4.78 is 38.0. The van der Waals surface area contributed by atoms with Crippen LogP contribution >= 0.6 is 11.8 Å². The summed E-state index contributed by atoms with van der Waals surface area (Å²) in [5, 5.41) is 6.05. The Labute approximate surface area is 223 Å². The summed E-state index contributed by atoms with van der Waals surface area (Å²) in [4.78, 5) is 22.4. The summed E-state index contributed by atoms with van der Waals surface area (Å²) in [6, 6.07) is 22.1. The maximum atomic E-state index is 12.7. The minimum absolute atomic E-state index is 0.292. The average Bonchev–Trinajstić information content (AvgIpc) is 3.33. The third-order valence-corrected chi connectivity index (χ3v) is 6.68. The summed E-state index contributed by atoms with van der Waals surface area (Å²) in [5.41, 5.74) is 4.51. The number of benzene rings is 3. The van der Waals surface area contributed by atoms with E-state index in [9.17, 15) is 18.0 Å². The van der Waals surface area contributed by atoms with Gasteiger partial charge in [-0.1, -0.05) is 54.2 Å². The van der Waals surface area contributed by atoms with Gasteiger partial charge in [-0.15, -0.1) is 0 Å². The molecular formula is C28H28F3N5OS. The molecule has 0 atom stereocenters. The average molecular weight is 540 g/mol. The fraction of sp³-hybridized carbons (Fsp3) is 0.214. The number of carbonyl (C=O) groups excluding carboxylic acids is 1. The van der Waals surface area contributed by atoms with Crippen molar-refractivity contribution in [3.63, 3.8) is 0 Å². The highest BCUT2D eigenvalue weighted by molar-refractivity contribution is 7.99. The number of anilines is 2. The van der Waals surface area contributed by atoms with Crippen LogP contribution in [0, 0.1) is 0 Å². The Hall–Kier alpha value is -3.92. The molecule has 0 fully saturated rings. The van der Waals surface area contributed by atoms with Crippen molar-refractivity contribution in [2.75, 3.05) is 36.6 Å². The van der Waals surface area contributed by atoms with Crippen LogP contribution in [0.3, 0.4) is 0 Å². The number of aromatic amines is 1. The fourth-order valence-corrected chi connectivity index (χ4v) is 4.53. The number of hydrogen-bond donors (Lipinski definition) is 3. The molecule has 0 saturated heterocycles. The maximum absolute atomic E-state index is 12.7. The number of nitrogens with one attached hydrogen (secondary N) is 3. The largest absolute Gasteiger partial charge is 0.416 e. The van der Waals surface area contributed by atoms with E-state index in [4.69, 9.17) is 4.98 Å². The van der Waals surface area contributed by atoms with Crippen molar-refractivity contribution in [3.05, 3.63) is 84.4 Å². The Balaban J connectivity index is 1.32. The molecule has 4 aromatic rings. The van der Waals surface area contributed by atoms with Crippen LogP contribution in [0.1, 0.15) is 12.0 Å². The van der Waals surface area contributed by atoms with Crippen molar-refractivity contribution < 1.29 is 18.0 Å². The molecule has 1 heterocycles. The first-order valence-electron chi connectivity index (χ1n) is 12.0. The molecule has 3 N–H and O–H groups in total. The molecular weight excluding hydrogens is 511 g/mol. The molecule has 0 bridgehead atoms. The number of halogens is 3. The van der Waals surface area contributed by atoms with Crippen LogP contribution in [0.2, 0.25) is 0 Å². The van der Waals surface area contributed by atoms with E-state index in [2.05, 4.69) is 39.9 Å². The first-order valence-corrected chi connectivity index (χ1v) is 13.0. The number of thioether (sulfide) groups is 1. The molecule has 0 aliphatic heterocycles. The Morgan fingerprint density at radius 3 is 2.26 bits per heavy atom. The highest BCUT2D eigenvalue weighted by Crippen LogP contribution is 2.33. The van der Waals surface area contributed by atoms with Gasteiger partial charge in [0, 0.05) is 48.9 Å². The van der Waals surface area contributed by atoms with Gasteiger partial charge in [-0.25, -0.2) is 9.78 Å². The second-order valence-corrected chi connectivity index (χ2v) is 9.81. The molecule has 0 unspecified atom stereocenters. The van der Waals surface area contributed by atoms with Crippen molar-refractivity contribution in [2.24, 2.45) is 0 Å². The van der Waals surface area contributed by atoms with Crippen LogP contribution < -0.4 is 15.5 Å². The summed E-state index contributed by atoms with van der Waals surface area (Å²) in [5.74, 6) is 0.710. The van der Waals surface area contributed by atoms with Crippen LogP contribution in [0.5, 0.6) is 0 Å². The highest BCUT2D eigenvalue weighted by Gasteiger charge is 2.30. The Bertz CT molecular complexity index is 1340. The Morgan fingerprint density at radius 2 is 1.63 bits per heavy atom. The van der Waals surface area contributed by atoms with E-state index in [0.717, 1.165) is 45.5 Å². The van der Waals surface area contributed by atoms with E-state index >= 15 is 0 Å². The van der Waals surface area contributed by atoms with Gasteiger partial charge in [0.05, 0.1) is 17.0 Å². The summed E-state index contributed by atoms with van der Waals surface area (Å²) in [6.07, 6.45) is -3.73. The quantitative estimate of drug-likeness (QED) is 0.156. The summed E-state index contributed by atoms with van der Waals surface area (Å²) in [7, 11) is 4.01. The maximum Gasteiger partial charge on any atom is 0.416 e. The van der Waals surface area contributed by atoms with Crippen molar-refractivity contribution in [2.45, 2.75) is 17.8 Å². The normalized spacial score (nSPS) is 11.3. The van der Waals surface area contributed by atoms with E-state index in [1.807, 2.05) is 49.3 Å². The summed E-state index contributed by atoms with van der Waals surface area (Å²) >= 11 is 1.56. The molecule has 0 spiro atoms. The molecule has 0 radical (unpaired) electrons. The van der Waals surface area contributed by atoms with E-state index in [-0.39, 0.29) is 0 Å². The van der Waals surface area contributed by atoms with Crippen molar-refractivity contribution in [3.8, 4) is 22.5 Å². The van der Waals surface area contributed by atoms with Gasteiger partial charge in [0.2, 0.25) is 0 Å². The Morgan fingerprint density at radius 1 is 0.947 bits per heavy atom. The zero-order chi connectivity index (χ0) is 27.1. The lowest BCUT2D eigenvalue weighted by Crippen LogP contribution is -2.29. The van der Waals surface area contributed by atoms with Crippen molar-refractivity contribution >= 4 is 29.2 Å². The summed E-state index contributed by atoms with van der Waals surface area (Å²) in [6.45, 7) is 0.407. The number of urea groups is 1. The highest BCUT2D eigenvalue weighted by atomic mass is 32.2. The van der Waals surface area contributed by atoms with Gasteiger partial charge in [0.15, 0.2) is 5.16 Å². The number of amides is 2. The lowest BCUT2D eigenvalue weighted by molar-refractivity contribution is -0.137. The number of H-pyrrole nitrogens is 1. The monoisotopic (exact) mass is 539 g/mol. The Kier molecular flexibility index (Phi) is 8.62. The van der Waals surface area contributed by atoms with Gasteiger partial charge in [-0.05, 0) is 42.8 Å². The van der Waals surface area contributed by atoms with Crippen LogP contribution in [0.25, 0.3) is 22.5 Å². The molecule has 3 aromatic carbocycles. The number of nitrogens with zero attached hydrogens (tertiary/aromatic N) is 2. The van der Waals surface area contributed by atoms with Crippen LogP contribution in [0.4, 0.5) is 29.3 Å². The first-order chi connectivity index (χ1) is 18.2. The minimum Gasteiger partial charge on any atom is -0.378 e. The lowest BCUT2D eigenvalue weighted by atomic mass is 10.0. The van der Waals surface area contributed by atoms with Gasteiger partial charge in [0.1, 0.15) is 0 Å². The smallest absolute Gasteiger partial charge is 0.378 e. The SMILES string of the molecule is CN(C)c1ccc(-c2[nH]c(SCCCNC(=O)Nc3ccc(C(F)(F)F)cc3)nc2-c2ccccc2)cc1. The molecule has 0 aliphatic rings. The minimum atomic E-state index is -4.41. The van der Waals surface area contributed by atoms with Gasteiger partial charge >= 0.3 is 12.2 Å². The second-order valence-electron chi connectivity index (χ2n) is 8.73. The lowest BCUT2D eigenvalue weighted by Gasteiger charge is -2.12. The number of alkyl halides is 3. The third-order valence-electron chi connectivity index (χ3n) is 5.72. The number of imidazole rings is 1. The molecule has 1 aromatic heterocycles. The molecule has 4 rings (SSSR count). The topological polar surface area (TPSA) is 73.1 Å². The van der Waals surface area contributed by atoms with Crippen molar-refractivity contribution in [1.82, 2.24) is 15.3 Å².